The van der Waals surface area contributed by atoms with Gasteiger partial charge in [-0.1, -0.05) is 78.4 Å². The maximum atomic E-state index is 14.2. The second-order valence-electron chi connectivity index (χ2n) is 9.90. The van der Waals surface area contributed by atoms with Crippen molar-refractivity contribution < 1.29 is 47.9 Å². The monoisotopic (exact) mass is 594 g/mol. The van der Waals surface area contributed by atoms with Gasteiger partial charge in [-0.05, 0) is 53.5 Å². The summed E-state index contributed by atoms with van der Waals surface area (Å²) >= 11 is 0. The molecule has 12 heteroatoms. The summed E-state index contributed by atoms with van der Waals surface area (Å²) in [4.78, 5) is 0. The molecule has 0 spiro atoms. The molecule has 0 fully saturated rings. The van der Waals surface area contributed by atoms with Crippen molar-refractivity contribution in [2.24, 2.45) is 0 Å². The van der Waals surface area contributed by atoms with E-state index in [0.29, 0.717) is 5.56 Å². The highest BCUT2D eigenvalue weighted by Gasteiger charge is 2.85. The Kier molecular flexibility index (Phi) is 7.57. The van der Waals surface area contributed by atoms with Gasteiger partial charge in [0.05, 0.1) is 5.75 Å². The van der Waals surface area contributed by atoms with Crippen LogP contribution in [-0.2, 0) is 22.0 Å². The molecule has 0 saturated heterocycles. The topological polar surface area (TPSA) is 34.1 Å². The summed E-state index contributed by atoms with van der Waals surface area (Å²) in [5.41, 5.74) is 4.33. The fourth-order valence-electron chi connectivity index (χ4n) is 5.11. The molecule has 0 radical (unpaired) electrons. The van der Waals surface area contributed by atoms with E-state index in [1.807, 2.05) is 55.5 Å². The zero-order chi connectivity index (χ0) is 29.7. The molecule has 3 aromatic rings. The Morgan fingerprint density at radius 1 is 0.750 bits per heavy atom. The summed E-state index contributed by atoms with van der Waals surface area (Å²) in [6.07, 6.45) is -5.56. The van der Waals surface area contributed by atoms with Gasteiger partial charge < -0.3 is 0 Å². The molecule has 0 heterocycles. The van der Waals surface area contributed by atoms with Gasteiger partial charge in [0, 0.05) is 5.92 Å². The first-order chi connectivity index (χ1) is 18.4. The number of halogens is 9. The molecule has 0 bridgehead atoms. The van der Waals surface area contributed by atoms with Gasteiger partial charge >= 0.3 is 23.3 Å². The molecule has 40 heavy (non-hydrogen) atoms. The lowest BCUT2D eigenvalue weighted by molar-refractivity contribution is -0.382. The van der Waals surface area contributed by atoms with E-state index < -0.39 is 44.4 Å². The summed E-state index contributed by atoms with van der Waals surface area (Å²) in [5, 5.41) is -6.71. The van der Waals surface area contributed by atoms with Crippen molar-refractivity contribution in [2.45, 2.75) is 60.6 Å². The molecule has 3 aromatic carbocycles. The van der Waals surface area contributed by atoms with Gasteiger partial charge in [-0.3, -0.25) is 0 Å². The van der Waals surface area contributed by atoms with Crippen LogP contribution in [0.5, 0.6) is 0 Å². The van der Waals surface area contributed by atoms with E-state index in [2.05, 4.69) is 0 Å². The maximum Gasteiger partial charge on any atom is 0.460 e. The highest BCUT2D eigenvalue weighted by atomic mass is 32.2. The summed E-state index contributed by atoms with van der Waals surface area (Å²) in [6, 6.07) is 20.4. The average molecular weight is 595 g/mol. The molecule has 216 valence electrons. The van der Waals surface area contributed by atoms with Crippen LogP contribution in [0.1, 0.15) is 51.6 Å². The highest BCUT2D eigenvalue weighted by Crippen LogP contribution is 2.55. The van der Waals surface area contributed by atoms with E-state index in [1.165, 1.54) is 12.1 Å². The van der Waals surface area contributed by atoms with Crippen LogP contribution in [0.2, 0.25) is 0 Å². The van der Waals surface area contributed by atoms with E-state index in [1.54, 1.807) is 0 Å². The number of rotatable bonds is 7. The fourth-order valence-corrected chi connectivity index (χ4v) is 6.44. The molecule has 1 aliphatic carbocycles. The van der Waals surface area contributed by atoms with Crippen LogP contribution in [0.15, 0.2) is 72.8 Å². The molecule has 0 amide bonds. The fraction of sp³-hybridized carbons (Fsp3) is 0.357. The zero-order valence-electron chi connectivity index (χ0n) is 20.8. The molecular weight excluding hydrogens is 571 g/mol. The molecule has 0 unspecified atom stereocenters. The van der Waals surface area contributed by atoms with Crippen molar-refractivity contribution in [3.8, 4) is 0 Å². The average Bonchev–Trinajstić information content (AvgIpc) is 2.87. The molecule has 0 saturated carbocycles. The number of sulfone groups is 1. The summed E-state index contributed by atoms with van der Waals surface area (Å²) in [7, 11) is -6.52. The predicted octanol–water partition coefficient (Wildman–Crippen LogP) is 8.20. The number of benzene rings is 3. The standard InChI is InChI=1S/C28H23F9O2S/c1-17-7-13-23-21(15-17)12-14-22(19-5-3-2-4-6-19)24(23)20-10-8-18(9-11-20)16-40(38,39)28(36,37)26(31,32)25(29,30)27(33,34)35/h2-11,13,15,22,24H,12,14,16H2,1H3/t22-,24+/m1/s1. The van der Waals surface area contributed by atoms with E-state index in [4.69, 9.17) is 0 Å². The Bertz CT molecular complexity index is 1470. The number of aryl methyl sites for hydroxylation is 2. The van der Waals surface area contributed by atoms with E-state index in [-0.39, 0.29) is 11.8 Å². The Morgan fingerprint density at radius 2 is 1.35 bits per heavy atom. The molecule has 0 aliphatic heterocycles. The van der Waals surface area contributed by atoms with Crippen molar-refractivity contribution >= 4 is 9.84 Å². The lowest BCUT2D eigenvalue weighted by atomic mass is 9.69. The van der Waals surface area contributed by atoms with Crippen molar-refractivity contribution in [3.05, 3.63) is 106 Å². The van der Waals surface area contributed by atoms with Crippen LogP contribution in [0.3, 0.4) is 0 Å². The van der Waals surface area contributed by atoms with Crippen LogP contribution in [-0.4, -0.2) is 31.7 Å². The van der Waals surface area contributed by atoms with Gasteiger partial charge in [0.2, 0.25) is 9.84 Å². The van der Waals surface area contributed by atoms with Crippen LogP contribution in [0.25, 0.3) is 0 Å². The van der Waals surface area contributed by atoms with E-state index in [9.17, 15) is 47.9 Å². The first kappa shape index (κ1) is 30.0. The van der Waals surface area contributed by atoms with Gasteiger partial charge in [0.1, 0.15) is 0 Å². The molecule has 2 atom stereocenters. The smallest absolute Gasteiger partial charge is 0.222 e. The second-order valence-corrected chi connectivity index (χ2v) is 11.9. The minimum absolute atomic E-state index is 0.0152. The lowest BCUT2D eigenvalue weighted by Gasteiger charge is -2.35. The van der Waals surface area contributed by atoms with Gasteiger partial charge in [0.25, 0.3) is 0 Å². The largest absolute Gasteiger partial charge is 0.460 e. The highest BCUT2D eigenvalue weighted by molar-refractivity contribution is 7.91. The minimum Gasteiger partial charge on any atom is -0.222 e. The predicted molar refractivity (Wildman–Crippen MR) is 130 cm³/mol. The van der Waals surface area contributed by atoms with Gasteiger partial charge in [-0.2, -0.15) is 39.5 Å². The normalized spacial score (nSPS) is 18.9. The molecular formula is C28H23F9O2S. The summed E-state index contributed by atoms with van der Waals surface area (Å²) in [5.74, 6) is -16.7. The first-order valence-corrected chi connectivity index (χ1v) is 13.7. The van der Waals surface area contributed by atoms with E-state index in [0.717, 1.165) is 47.2 Å². The van der Waals surface area contributed by atoms with Gasteiger partial charge in [-0.25, -0.2) is 8.42 Å². The van der Waals surface area contributed by atoms with Crippen molar-refractivity contribution in [2.75, 3.05) is 0 Å². The minimum atomic E-state index is -7.29. The number of hydrogen-bond acceptors (Lipinski definition) is 2. The lowest BCUT2D eigenvalue weighted by Crippen LogP contribution is -2.63. The third-order valence-electron chi connectivity index (χ3n) is 7.19. The zero-order valence-corrected chi connectivity index (χ0v) is 21.6. The van der Waals surface area contributed by atoms with Gasteiger partial charge in [0.15, 0.2) is 0 Å². The van der Waals surface area contributed by atoms with E-state index >= 15 is 0 Å². The van der Waals surface area contributed by atoms with Crippen LogP contribution < -0.4 is 0 Å². The third kappa shape index (κ3) is 4.99. The number of alkyl halides is 9. The Morgan fingerprint density at radius 3 is 1.93 bits per heavy atom. The Balaban J connectivity index is 1.68. The second kappa shape index (κ2) is 10.1. The van der Waals surface area contributed by atoms with Gasteiger partial charge in [-0.15, -0.1) is 0 Å². The molecule has 0 N–H and O–H groups in total. The quantitative estimate of drug-likeness (QED) is 0.259. The SMILES string of the molecule is Cc1ccc2c(c1)CC[C@H](c1ccccc1)[C@@H]2c1ccc(CS(=O)(=O)C(F)(F)C(F)(F)C(F)(F)C(F)(F)F)cc1. The van der Waals surface area contributed by atoms with Crippen molar-refractivity contribution in [3.63, 3.8) is 0 Å². The molecule has 1 aliphatic rings. The van der Waals surface area contributed by atoms with Crippen molar-refractivity contribution in [1.29, 1.82) is 0 Å². The number of fused-ring (bicyclic) bond motifs is 1. The Labute approximate surface area is 224 Å². The maximum absolute atomic E-state index is 14.2. The summed E-state index contributed by atoms with van der Waals surface area (Å²) in [6.45, 7) is 1.94. The van der Waals surface area contributed by atoms with Crippen LogP contribution in [0, 0.1) is 6.92 Å². The number of hydrogen-bond donors (Lipinski definition) is 0. The molecule has 2 nitrogen and oxygen atoms in total. The van der Waals surface area contributed by atoms with Crippen LogP contribution >= 0.6 is 0 Å². The molecule has 0 aromatic heterocycles. The van der Waals surface area contributed by atoms with Crippen molar-refractivity contribution in [1.82, 2.24) is 0 Å². The third-order valence-corrected chi connectivity index (χ3v) is 8.94. The summed E-state index contributed by atoms with van der Waals surface area (Å²) < 4.78 is 144. The van der Waals surface area contributed by atoms with Crippen LogP contribution in [0.4, 0.5) is 39.5 Å². The molecule has 4 rings (SSSR count). The Hall–Kier alpha value is -3.02. The first-order valence-electron chi connectivity index (χ1n) is 12.1.